The van der Waals surface area contributed by atoms with E-state index in [1.54, 1.807) is 0 Å². The Labute approximate surface area is 165 Å². The van der Waals surface area contributed by atoms with Crippen LogP contribution >= 0.6 is 0 Å². The molecule has 3 heteroatoms. The third-order valence-corrected chi connectivity index (χ3v) is 4.12. The van der Waals surface area contributed by atoms with Crippen LogP contribution in [0.25, 0.3) is 11.6 Å². The van der Waals surface area contributed by atoms with Gasteiger partial charge < -0.3 is 9.47 Å². The van der Waals surface area contributed by atoms with Gasteiger partial charge in [-0.15, -0.1) is 0 Å². The lowest BCUT2D eigenvalue weighted by Crippen LogP contribution is -2.10. The van der Waals surface area contributed by atoms with Crippen LogP contribution in [0.15, 0.2) is 97.6 Å². The number of ether oxygens (including phenoxy) is 2. The summed E-state index contributed by atoms with van der Waals surface area (Å²) >= 11 is 0. The molecule has 28 heavy (non-hydrogen) atoms. The van der Waals surface area contributed by atoms with Crippen molar-refractivity contribution in [2.45, 2.75) is 0 Å². The fourth-order valence-electron chi connectivity index (χ4n) is 2.76. The summed E-state index contributed by atoms with van der Waals surface area (Å²) in [7, 11) is 0. The molecular formula is C25H22O3. The Morgan fingerprint density at radius 3 is 1.89 bits per heavy atom. The molecule has 0 N–H and O–H groups in total. The number of hydrogen-bond donors (Lipinski definition) is 0. The summed E-state index contributed by atoms with van der Waals surface area (Å²) in [5.41, 5.74) is 4.57. The van der Waals surface area contributed by atoms with Gasteiger partial charge in [-0.3, -0.25) is 0 Å². The summed E-state index contributed by atoms with van der Waals surface area (Å²) in [6, 6.07) is 28.5. The van der Waals surface area contributed by atoms with Crippen molar-refractivity contribution < 1.29 is 14.3 Å². The first-order valence-corrected chi connectivity index (χ1v) is 9.11. The highest BCUT2D eigenvalue weighted by molar-refractivity contribution is 5.91. The molecule has 0 bridgehead atoms. The Morgan fingerprint density at radius 2 is 1.36 bits per heavy atom. The van der Waals surface area contributed by atoms with Gasteiger partial charge in [0.2, 0.25) is 0 Å². The zero-order valence-electron chi connectivity index (χ0n) is 15.6. The maximum atomic E-state index is 11.0. The van der Waals surface area contributed by atoms with Gasteiger partial charge in [-0.2, -0.15) is 0 Å². The Kier molecular flexibility index (Phi) is 6.80. The van der Waals surface area contributed by atoms with Crippen LogP contribution in [0.3, 0.4) is 0 Å². The monoisotopic (exact) mass is 370 g/mol. The van der Waals surface area contributed by atoms with Gasteiger partial charge in [-0.05, 0) is 40.5 Å². The lowest BCUT2D eigenvalue weighted by Gasteiger charge is -2.10. The van der Waals surface area contributed by atoms with Crippen LogP contribution in [-0.2, 0) is 9.53 Å². The molecule has 0 aromatic heterocycles. The van der Waals surface area contributed by atoms with Crippen LogP contribution in [0.1, 0.15) is 16.7 Å². The van der Waals surface area contributed by atoms with Crippen molar-refractivity contribution in [1.29, 1.82) is 0 Å². The lowest BCUT2D eigenvalue weighted by molar-refractivity contribution is -0.138. The Balaban J connectivity index is 1.74. The summed E-state index contributed by atoms with van der Waals surface area (Å²) in [6.45, 7) is 3.85. The molecule has 0 atom stereocenters. The quantitative estimate of drug-likeness (QED) is 0.231. The second kappa shape index (κ2) is 9.93. The summed E-state index contributed by atoms with van der Waals surface area (Å²) in [5, 5.41) is 0. The van der Waals surface area contributed by atoms with Gasteiger partial charge in [0.05, 0.1) is 0 Å². The van der Waals surface area contributed by atoms with Crippen LogP contribution in [0.4, 0.5) is 0 Å². The molecule has 0 saturated heterocycles. The number of carbonyl (C=O) groups is 1. The van der Waals surface area contributed by atoms with Crippen molar-refractivity contribution >= 4 is 17.6 Å². The number of hydrogen-bond acceptors (Lipinski definition) is 3. The number of esters is 1. The molecule has 3 rings (SSSR count). The minimum atomic E-state index is -0.446. The summed E-state index contributed by atoms with van der Waals surface area (Å²) < 4.78 is 10.5. The van der Waals surface area contributed by atoms with E-state index in [0.29, 0.717) is 6.61 Å². The molecule has 0 aliphatic heterocycles. The molecule has 140 valence electrons. The molecule has 0 fully saturated rings. The summed E-state index contributed by atoms with van der Waals surface area (Å²) in [5.74, 6) is 0.284. The molecule has 3 nitrogen and oxygen atoms in total. The Hall–Kier alpha value is -3.59. The number of carbonyl (C=O) groups excluding carboxylic acids is 1. The van der Waals surface area contributed by atoms with Crippen LogP contribution in [-0.4, -0.2) is 19.2 Å². The zero-order valence-corrected chi connectivity index (χ0v) is 15.6. The average molecular weight is 370 g/mol. The van der Waals surface area contributed by atoms with Crippen molar-refractivity contribution in [2.75, 3.05) is 13.2 Å². The van der Waals surface area contributed by atoms with E-state index in [1.165, 1.54) is 0 Å². The second-order valence-electron chi connectivity index (χ2n) is 6.08. The van der Waals surface area contributed by atoms with E-state index in [1.807, 2.05) is 60.7 Å². The largest absolute Gasteiger partial charge is 0.490 e. The Morgan fingerprint density at radius 1 is 0.786 bits per heavy atom. The van der Waals surface area contributed by atoms with Crippen molar-refractivity contribution in [3.63, 3.8) is 0 Å². The van der Waals surface area contributed by atoms with E-state index in [9.17, 15) is 4.79 Å². The number of benzene rings is 3. The third kappa shape index (κ3) is 5.45. The fraction of sp³-hybridized carbons (Fsp3) is 0.0800. The van der Waals surface area contributed by atoms with Crippen LogP contribution < -0.4 is 4.74 Å². The molecule has 0 saturated carbocycles. The first kappa shape index (κ1) is 19.2. The minimum Gasteiger partial charge on any atom is -0.490 e. The highest BCUT2D eigenvalue weighted by Gasteiger charge is 2.05. The van der Waals surface area contributed by atoms with E-state index >= 15 is 0 Å². The van der Waals surface area contributed by atoms with E-state index in [4.69, 9.17) is 9.47 Å². The van der Waals surface area contributed by atoms with Crippen molar-refractivity contribution in [3.05, 3.63) is 114 Å². The van der Waals surface area contributed by atoms with Gasteiger partial charge in [0.25, 0.3) is 0 Å². The smallest absolute Gasteiger partial charge is 0.330 e. The zero-order chi connectivity index (χ0) is 19.6. The van der Waals surface area contributed by atoms with Crippen LogP contribution in [0.5, 0.6) is 5.75 Å². The SMILES string of the molecule is C=CC(=O)OCCOc1ccc(C=C(c2ccccc2)c2ccccc2)cc1. The van der Waals surface area contributed by atoms with Gasteiger partial charge in [0.15, 0.2) is 0 Å². The molecule has 0 heterocycles. The van der Waals surface area contributed by atoms with Gasteiger partial charge in [0.1, 0.15) is 19.0 Å². The first-order chi connectivity index (χ1) is 13.8. The highest BCUT2D eigenvalue weighted by Crippen LogP contribution is 2.26. The fourth-order valence-corrected chi connectivity index (χ4v) is 2.76. The normalized spacial score (nSPS) is 10.0. The lowest BCUT2D eigenvalue weighted by atomic mass is 9.96. The van der Waals surface area contributed by atoms with Gasteiger partial charge in [-0.25, -0.2) is 4.79 Å². The van der Waals surface area contributed by atoms with Crippen LogP contribution in [0.2, 0.25) is 0 Å². The standard InChI is InChI=1S/C25H22O3/c1-2-25(26)28-18-17-27-23-15-13-20(14-16-23)19-24(21-9-5-3-6-10-21)22-11-7-4-8-12-22/h2-16,19H,1,17-18H2. The Bertz CT molecular complexity index is 885. The summed E-state index contributed by atoms with van der Waals surface area (Å²) in [4.78, 5) is 11.0. The van der Waals surface area contributed by atoms with E-state index < -0.39 is 5.97 Å². The molecule has 3 aromatic rings. The average Bonchev–Trinajstić information content (AvgIpc) is 2.77. The van der Waals surface area contributed by atoms with Gasteiger partial charge >= 0.3 is 5.97 Å². The predicted octanol–water partition coefficient (Wildman–Crippen LogP) is 5.38. The molecule has 0 unspecified atom stereocenters. The van der Waals surface area contributed by atoms with E-state index in [-0.39, 0.29) is 6.61 Å². The van der Waals surface area contributed by atoms with E-state index in [0.717, 1.165) is 34.1 Å². The molecule has 0 aliphatic rings. The maximum absolute atomic E-state index is 11.0. The summed E-state index contributed by atoms with van der Waals surface area (Å²) in [6.07, 6.45) is 3.30. The van der Waals surface area contributed by atoms with Gasteiger partial charge in [0, 0.05) is 6.08 Å². The molecule has 0 radical (unpaired) electrons. The maximum Gasteiger partial charge on any atom is 0.330 e. The topological polar surface area (TPSA) is 35.5 Å². The molecule has 0 amide bonds. The van der Waals surface area contributed by atoms with Crippen LogP contribution in [0, 0.1) is 0 Å². The first-order valence-electron chi connectivity index (χ1n) is 9.11. The van der Waals surface area contributed by atoms with Crippen molar-refractivity contribution in [2.24, 2.45) is 0 Å². The van der Waals surface area contributed by atoms with Crippen molar-refractivity contribution in [1.82, 2.24) is 0 Å². The second-order valence-corrected chi connectivity index (χ2v) is 6.08. The highest BCUT2D eigenvalue weighted by atomic mass is 16.6. The molecule has 0 aliphatic carbocycles. The number of rotatable bonds is 8. The van der Waals surface area contributed by atoms with E-state index in [2.05, 4.69) is 36.9 Å². The molecule has 0 spiro atoms. The minimum absolute atomic E-state index is 0.193. The third-order valence-electron chi connectivity index (χ3n) is 4.12. The molecule has 3 aromatic carbocycles. The predicted molar refractivity (Wildman–Crippen MR) is 113 cm³/mol. The molecular weight excluding hydrogens is 348 g/mol. The van der Waals surface area contributed by atoms with Crippen molar-refractivity contribution in [3.8, 4) is 5.75 Å². The van der Waals surface area contributed by atoms with Gasteiger partial charge in [-0.1, -0.05) is 79.4 Å².